The van der Waals surface area contributed by atoms with Crippen LogP contribution in [0.1, 0.15) is 22.4 Å². The quantitative estimate of drug-likeness (QED) is 0.273. The van der Waals surface area contributed by atoms with E-state index in [1.807, 2.05) is 0 Å². The first-order valence-electron chi connectivity index (χ1n) is 11.7. The smallest absolute Gasteiger partial charge is 0.329 e. The van der Waals surface area contributed by atoms with Crippen LogP contribution < -0.4 is 15.6 Å². The van der Waals surface area contributed by atoms with E-state index in [1.54, 1.807) is 36.4 Å². The first kappa shape index (κ1) is 25.6. The van der Waals surface area contributed by atoms with Gasteiger partial charge in [-0.1, -0.05) is 18.2 Å². The summed E-state index contributed by atoms with van der Waals surface area (Å²) in [5.74, 6) is -2.30. The summed E-state index contributed by atoms with van der Waals surface area (Å²) in [6.45, 7) is -0.431. The van der Waals surface area contributed by atoms with Crippen LogP contribution in [0.15, 0.2) is 77.2 Å². The normalized spacial score (nSPS) is 14.3. The van der Waals surface area contributed by atoms with Gasteiger partial charge in [-0.15, -0.1) is 0 Å². The topological polar surface area (TPSA) is 96.4 Å². The Bertz CT molecular complexity index is 1660. The SMILES string of the molecule is COc1ccc(-n2[nH]c(Cc3ccc(F)cc3)c(C=C3NC(=O)N(Cc4ccc(F)cc4F)C3=O)c2=O)cc1. The second kappa shape index (κ2) is 10.4. The van der Waals surface area contributed by atoms with E-state index in [1.165, 1.54) is 30.0 Å². The molecule has 1 aromatic heterocycles. The molecule has 198 valence electrons. The van der Waals surface area contributed by atoms with E-state index < -0.39 is 41.5 Å². The number of hydrogen-bond donors (Lipinski definition) is 2. The van der Waals surface area contributed by atoms with Crippen molar-refractivity contribution in [2.75, 3.05) is 7.11 Å². The average molecular weight is 534 g/mol. The number of urea groups is 1. The maximum absolute atomic E-state index is 14.1. The summed E-state index contributed by atoms with van der Waals surface area (Å²) in [5.41, 5.74) is 0.918. The van der Waals surface area contributed by atoms with Crippen molar-refractivity contribution in [3.63, 3.8) is 0 Å². The molecule has 3 amide bonds. The van der Waals surface area contributed by atoms with Gasteiger partial charge in [-0.05, 0) is 54.1 Å². The van der Waals surface area contributed by atoms with Gasteiger partial charge in [-0.25, -0.2) is 22.6 Å². The number of carbonyl (C=O) groups is 2. The molecule has 39 heavy (non-hydrogen) atoms. The Hall–Kier alpha value is -5.06. The lowest BCUT2D eigenvalue weighted by Crippen LogP contribution is -2.30. The van der Waals surface area contributed by atoms with Gasteiger partial charge in [-0.3, -0.25) is 19.6 Å². The summed E-state index contributed by atoms with van der Waals surface area (Å²) in [4.78, 5) is 39.9. The van der Waals surface area contributed by atoms with Crippen molar-refractivity contribution in [3.8, 4) is 11.4 Å². The first-order chi connectivity index (χ1) is 18.7. The number of methoxy groups -OCH3 is 1. The highest BCUT2D eigenvalue weighted by molar-refractivity contribution is 6.13. The molecule has 1 saturated heterocycles. The highest BCUT2D eigenvalue weighted by Crippen LogP contribution is 2.21. The Morgan fingerprint density at radius 1 is 0.897 bits per heavy atom. The zero-order valence-electron chi connectivity index (χ0n) is 20.5. The number of H-pyrrole nitrogens is 1. The Morgan fingerprint density at radius 2 is 1.59 bits per heavy atom. The molecule has 8 nitrogen and oxygen atoms in total. The van der Waals surface area contributed by atoms with Crippen molar-refractivity contribution < 1.29 is 27.5 Å². The lowest BCUT2D eigenvalue weighted by atomic mass is 10.1. The zero-order valence-corrected chi connectivity index (χ0v) is 20.5. The van der Waals surface area contributed by atoms with E-state index in [0.717, 1.165) is 17.0 Å². The summed E-state index contributed by atoms with van der Waals surface area (Å²) in [6.07, 6.45) is 1.43. The number of aromatic amines is 1. The van der Waals surface area contributed by atoms with Crippen molar-refractivity contribution in [2.24, 2.45) is 0 Å². The second-order valence-corrected chi connectivity index (χ2v) is 8.76. The minimum atomic E-state index is -0.900. The maximum Gasteiger partial charge on any atom is 0.329 e. The molecule has 1 fully saturated rings. The Morgan fingerprint density at radius 3 is 2.26 bits per heavy atom. The fourth-order valence-electron chi connectivity index (χ4n) is 4.18. The summed E-state index contributed by atoms with van der Waals surface area (Å²) in [7, 11) is 1.52. The highest BCUT2D eigenvalue weighted by atomic mass is 19.1. The molecule has 4 aromatic rings. The van der Waals surface area contributed by atoms with Gasteiger partial charge >= 0.3 is 6.03 Å². The van der Waals surface area contributed by atoms with Gasteiger partial charge in [0.2, 0.25) is 0 Å². The molecular weight excluding hydrogens is 513 g/mol. The third-order valence-electron chi connectivity index (χ3n) is 6.22. The molecule has 0 unspecified atom stereocenters. The van der Waals surface area contributed by atoms with E-state index in [4.69, 9.17) is 4.74 Å². The van der Waals surface area contributed by atoms with E-state index in [9.17, 15) is 27.6 Å². The third-order valence-corrected chi connectivity index (χ3v) is 6.22. The van der Waals surface area contributed by atoms with Gasteiger partial charge < -0.3 is 10.1 Å². The largest absolute Gasteiger partial charge is 0.497 e. The Balaban J connectivity index is 1.52. The van der Waals surface area contributed by atoms with Crippen molar-refractivity contribution in [1.82, 2.24) is 20.0 Å². The molecule has 0 aliphatic carbocycles. The molecule has 1 aliphatic heterocycles. The number of hydrogen-bond acceptors (Lipinski definition) is 4. The zero-order chi connectivity index (χ0) is 27.7. The second-order valence-electron chi connectivity index (χ2n) is 8.76. The number of amides is 3. The fourth-order valence-corrected chi connectivity index (χ4v) is 4.18. The van der Waals surface area contributed by atoms with Crippen LogP contribution in [-0.2, 0) is 17.8 Å². The van der Waals surface area contributed by atoms with Crippen LogP contribution in [0.2, 0.25) is 0 Å². The maximum atomic E-state index is 14.1. The lowest BCUT2D eigenvalue weighted by Gasteiger charge is -2.12. The van der Waals surface area contributed by atoms with Crippen LogP contribution in [0, 0.1) is 17.5 Å². The van der Waals surface area contributed by atoms with Crippen molar-refractivity contribution in [2.45, 2.75) is 13.0 Å². The Kier molecular flexibility index (Phi) is 6.80. The molecule has 0 saturated carbocycles. The molecule has 1 aliphatic rings. The molecular formula is C28H21F3N4O4. The highest BCUT2D eigenvalue weighted by Gasteiger charge is 2.34. The van der Waals surface area contributed by atoms with Crippen LogP contribution in [0.3, 0.4) is 0 Å². The van der Waals surface area contributed by atoms with Crippen molar-refractivity contribution in [1.29, 1.82) is 0 Å². The van der Waals surface area contributed by atoms with Crippen molar-refractivity contribution in [3.05, 3.63) is 123 Å². The van der Waals surface area contributed by atoms with Gasteiger partial charge in [0, 0.05) is 23.7 Å². The van der Waals surface area contributed by atoms with Crippen molar-refractivity contribution >= 4 is 18.0 Å². The summed E-state index contributed by atoms with van der Waals surface area (Å²) >= 11 is 0. The lowest BCUT2D eigenvalue weighted by molar-refractivity contribution is -0.123. The number of ether oxygens (including phenoxy) is 1. The standard InChI is InChI=1S/C28H21F3N4O4/c1-39-21-10-8-20(9-11-21)35-26(36)22(24(33-35)12-16-2-5-18(29)6-3-16)14-25-27(37)34(28(38)32-25)15-17-4-7-19(30)13-23(17)31/h2-11,13-14,33H,12,15H2,1H3,(H,32,38). The van der Waals surface area contributed by atoms with Crippen LogP contribution >= 0.6 is 0 Å². The molecule has 11 heteroatoms. The molecule has 0 bridgehead atoms. The number of imide groups is 1. The number of nitrogens with zero attached hydrogens (tertiary/aromatic N) is 2. The first-order valence-corrected chi connectivity index (χ1v) is 11.7. The minimum absolute atomic E-state index is 0.0540. The van der Waals surface area contributed by atoms with Crippen LogP contribution in [0.4, 0.5) is 18.0 Å². The number of nitrogens with one attached hydrogen (secondary N) is 2. The summed E-state index contributed by atoms with van der Waals surface area (Å²) < 4.78 is 47.3. The number of benzene rings is 3. The summed E-state index contributed by atoms with van der Waals surface area (Å²) in [5, 5.41) is 5.45. The average Bonchev–Trinajstić information content (AvgIpc) is 3.37. The van der Waals surface area contributed by atoms with Gasteiger partial charge in [0.05, 0.1) is 24.9 Å². The van der Waals surface area contributed by atoms with E-state index in [-0.39, 0.29) is 23.2 Å². The fraction of sp³-hybridized carbons (Fsp3) is 0.107. The molecule has 2 heterocycles. The van der Waals surface area contributed by atoms with E-state index in [2.05, 4.69) is 10.4 Å². The number of aromatic nitrogens is 2. The monoisotopic (exact) mass is 534 g/mol. The predicted octanol–water partition coefficient (Wildman–Crippen LogP) is 4.28. The summed E-state index contributed by atoms with van der Waals surface area (Å²) in [6, 6.07) is 14.4. The van der Waals surface area contributed by atoms with Gasteiger partial charge in [0.25, 0.3) is 11.5 Å². The van der Waals surface area contributed by atoms with Crippen LogP contribution in [-0.4, -0.2) is 33.7 Å². The Labute approximate surface area is 219 Å². The molecule has 2 N–H and O–H groups in total. The molecule has 5 rings (SSSR count). The van der Waals surface area contributed by atoms with Crippen LogP contribution in [0.25, 0.3) is 11.8 Å². The minimum Gasteiger partial charge on any atom is -0.497 e. The van der Waals surface area contributed by atoms with E-state index >= 15 is 0 Å². The molecule has 0 radical (unpaired) electrons. The molecule has 0 spiro atoms. The van der Waals surface area contributed by atoms with Gasteiger partial charge in [0.1, 0.15) is 28.9 Å². The number of halogens is 3. The number of rotatable bonds is 7. The van der Waals surface area contributed by atoms with Gasteiger partial charge in [-0.2, -0.15) is 0 Å². The molecule has 0 atom stereocenters. The predicted molar refractivity (Wildman–Crippen MR) is 136 cm³/mol. The third kappa shape index (κ3) is 5.19. The molecule has 3 aromatic carbocycles. The number of carbonyl (C=O) groups excluding carboxylic acids is 2. The van der Waals surface area contributed by atoms with Gasteiger partial charge in [0.15, 0.2) is 0 Å². The van der Waals surface area contributed by atoms with Crippen LogP contribution in [0.5, 0.6) is 5.75 Å². The van der Waals surface area contributed by atoms with E-state index in [0.29, 0.717) is 28.8 Å².